The van der Waals surface area contributed by atoms with Crippen LogP contribution in [0.15, 0.2) is 53.1 Å². The van der Waals surface area contributed by atoms with Gasteiger partial charge < -0.3 is 9.47 Å². The molecule has 0 unspecified atom stereocenters. The molecular weight excluding hydrogens is 304 g/mol. The first kappa shape index (κ1) is 14.5. The van der Waals surface area contributed by atoms with Crippen molar-refractivity contribution < 1.29 is 14.3 Å². The molecule has 0 N–H and O–H groups in total. The van der Waals surface area contributed by atoms with Gasteiger partial charge in [-0.25, -0.2) is 0 Å². The third-order valence-electron chi connectivity index (χ3n) is 4.05. The van der Waals surface area contributed by atoms with Gasteiger partial charge in [0.25, 0.3) is 5.91 Å². The van der Waals surface area contributed by atoms with Crippen molar-refractivity contribution in [1.82, 2.24) is 0 Å². The number of hydrogen-bond donors (Lipinski definition) is 0. The van der Waals surface area contributed by atoms with E-state index in [1.54, 1.807) is 0 Å². The highest BCUT2D eigenvalue weighted by Crippen LogP contribution is 2.33. The predicted molar refractivity (Wildman–Crippen MR) is 92.3 cm³/mol. The van der Waals surface area contributed by atoms with E-state index in [1.165, 1.54) is 5.01 Å². The number of benzene rings is 2. The Morgan fingerprint density at radius 3 is 2.58 bits per heavy atom. The van der Waals surface area contributed by atoms with Crippen LogP contribution in [-0.2, 0) is 4.79 Å². The molecule has 0 bridgehead atoms. The minimum absolute atomic E-state index is 0.131. The lowest BCUT2D eigenvalue weighted by Crippen LogP contribution is -2.21. The second-order valence-electron chi connectivity index (χ2n) is 5.81. The fourth-order valence-electron chi connectivity index (χ4n) is 2.71. The molecule has 2 aromatic carbocycles. The zero-order valence-electron chi connectivity index (χ0n) is 13.4. The fraction of sp³-hybridized carbons (Fsp3) is 0.158. The number of aryl methyl sites for hydroxylation is 1. The zero-order chi connectivity index (χ0) is 16.7. The number of hydrogen-bond acceptors (Lipinski definition) is 4. The summed E-state index contributed by atoms with van der Waals surface area (Å²) < 4.78 is 10.7. The van der Waals surface area contributed by atoms with Crippen LogP contribution in [0, 0.1) is 6.92 Å². The Bertz CT molecular complexity index is 882. The number of amides is 1. The summed E-state index contributed by atoms with van der Waals surface area (Å²) in [5, 5.41) is 5.83. The maximum atomic E-state index is 12.7. The molecule has 0 atom stereocenters. The molecule has 2 aromatic rings. The summed E-state index contributed by atoms with van der Waals surface area (Å²) in [4.78, 5) is 12.7. The lowest BCUT2D eigenvalue weighted by Gasteiger charge is -2.11. The van der Waals surface area contributed by atoms with Gasteiger partial charge >= 0.3 is 0 Å². The topological polar surface area (TPSA) is 51.1 Å². The average molecular weight is 320 g/mol. The van der Waals surface area contributed by atoms with Crippen LogP contribution in [-0.4, -0.2) is 18.4 Å². The van der Waals surface area contributed by atoms with Crippen molar-refractivity contribution in [3.63, 3.8) is 0 Å². The minimum atomic E-state index is -0.131. The molecule has 2 aliphatic heterocycles. The smallest absolute Gasteiger partial charge is 0.280 e. The molecule has 0 saturated carbocycles. The molecule has 0 saturated heterocycles. The van der Waals surface area contributed by atoms with E-state index in [9.17, 15) is 4.79 Å². The van der Waals surface area contributed by atoms with Gasteiger partial charge in [0.1, 0.15) is 0 Å². The first-order valence-corrected chi connectivity index (χ1v) is 7.70. The quantitative estimate of drug-likeness (QED) is 0.795. The normalized spacial score (nSPS) is 17.6. The van der Waals surface area contributed by atoms with Crippen molar-refractivity contribution >= 4 is 23.4 Å². The largest absolute Gasteiger partial charge is 0.454 e. The van der Waals surface area contributed by atoms with Crippen LogP contribution in [0.1, 0.15) is 18.1 Å². The number of hydrazone groups is 1. The first-order chi connectivity index (χ1) is 11.6. The summed E-state index contributed by atoms with van der Waals surface area (Å²) in [6.45, 7) is 4.08. The van der Waals surface area contributed by atoms with Gasteiger partial charge in [0.2, 0.25) is 6.79 Å². The first-order valence-electron chi connectivity index (χ1n) is 7.70. The van der Waals surface area contributed by atoms with Crippen LogP contribution in [0.5, 0.6) is 11.5 Å². The molecule has 120 valence electrons. The average Bonchev–Trinajstić information content (AvgIpc) is 3.15. The van der Waals surface area contributed by atoms with Crippen molar-refractivity contribution in [2.75, 3.05) is 11.8 Å². The summed E-state index contributed by atoms with van der Waals surface area (Å²) >= 11 is 0. The minimum Gasteiger partial charge on any atom is -0.454 e. The van der Waals surface area contributed by atoms with Crippen LogP contribution in [0.2, 0.25) is 0 Å². The highest BCUT2D eigenvalue weighted by molar-refractivity contribution is 6.32. The Hall–Kier alpha value is -3.08. The van der Waals surface area contributed by atoms with E-state index in [0.717, 1.165) is 22.6 Å². The molecular formula is C19H16N2O3. The highest BCUT2D eigenvalue weighted by Gasteiger charge is 2.28. The van der Waals surface area contributed by atoms with E-state index in [2.05, 4.69) is 5.10 Å². The standard InChI is InChI=1S/C19H16N2O3/c1-12-3-6-15(7-4-12)21-19(22)16(13(2)20-21)9-14-5-8-17-18(10-14)24-11-23-17/h3-10H,11H2,1-2H3/b16-9-. The summed E-state index contributed by atoms with van der Waals surface area (Å²) in [6.07, 6.45) is 1.83. The van der Waals surface area contributed by atoms with Gasteiger partial charge in [0.05, 0.1) is 17.0 Å². The lowest BCUT2D eigenvalue weighted by atomic mass is 10.1. The third kappa shape index (κ3) is 2.44. The number of anilines is 1. The monoisotopic (exact) mass is 320 g/mol. The summed E-state index contributed by atoms with van der Waals surface area (Å²) in [5.74, 6) is 1.29. The van der Waals surface area contributed by atoms with Gasteiger partial charge in [-0.15, -0.1) is 0 Å². The fourth-order valence-corrected chi connectivity index (χ4v) is 2.71. The van der Waals surface area contributed by atoms with Gasteiger partial charge in [-0.1, -0.05) is 23.8 Å². The molecule has 4 rings (SSSR count). The molecule has 24 heavy (non-hydrogen) atoms. The van der Waals surface area contributed by atoms with Gasteiger partial charge in [-0.3, -0.25) is 4.79 Å². The maximum Gasteiger partial charge on any atom is 0.280 e. The predicted octanol–water partition coefficient (Wildman–Crippen LogP) is 3.53. The van der Waals surface area contributed by atoms with E-state index in [4.69, 9.17) is 9.47 Å². The van der Waals surface area contributed by atoms with E-state index < -0.39 is 0 Å². The van der Waals surface area contributed by atoms with Crippen molar-refractivity contribution in [3.8, 4) is 11.5 Å². The van der Waals surface area contributed by atoms with Crippen LogP contribution in [0.4, 0.5) is 5.69 Å². The van der Waals surface area contributed by atoms with Gasteiger partial charge in [-0.05, 0) is 49.8 Å². The number of ether oxygens (including phenoxy) is 2. The van der Waals surface area contributed by atoms with Crippen molar-refractivity contribution in [1.29, 1.82) is 0 Å². The van der Waals surface area contributed by atoms with Gasteiger partial charge in [0.15, 0.2) is 11.5 Å². The van der Waals surface area contributed by atoms with E-state index in [1.807, 2.05) is 62.4 Å². The Balaban J connectivity index is 1.66. The van der Waals surface area contributed by atoms with Crippen molar-refractivity contribution in [2.45, 2.75) is 13.8 Å². The summed E-state index contributed by atoms with van der Waals surface area (Å²) in [5.41, 5.74) is 4.05. The van der Waals surface area contributed by atoms with E-state index >= 15 is 0 Å². The summed E-state index contributed by atoms with van der Waals surface area (Å²) in [6, 6.07) is 13.3. The number of nitrogens with zero attached hydrogens (tertiary/aromatic N) is 2. The third-order valence-corrected chi connectivity index (χ3v) is 4.05. The number of carbonyl (C=O) groups excluding carboxylic acids is 1. The molecule has 0 spiro atoms. The number of fused-ring (bicyclic) bond motifs is 1. The SMILES string of the molecule is CC1=NN(c2ccc(C)cc2)C(=O)/C1=C\c1ccc2c(c1)OCO2. The van der Waals surface area contributed by atoms with Crippen molar-refractivity contribution in [2.24, 2.45) is 5.10 Å². The molecule has 1 amide bonds. The maximum absolute atomic E-state index is 12.7. The lowest BCUT2D eigenvalue weighted by molar-refractivity contribution is -0.114. The summed E-state index contributed by atoms with van der Waals surface area (Å²) in [7, 11) is 0. The van der Waals surface area contributed by atoms with Crippen LogP contribution < -0.4 is 14.5 Å². The van der Waals surface area contributed by atoms with Crippen LogP contribution >= 0.6 is 0 Å². The van der Waals surface area contributed by atoms with E-state index in [0.29, 0.717) is 17.0 Å². The van der Waals surface area contributed by atoms with Gasteiger partial charge in [-0.2, -0.15) is 10.1 Å². The zero-order valence-corrected chi connectivity index (χ0v) is 13.4. The molecule has 0 aliphatic carbocycles. The second kappa shape index (κ2) is 5.53. The Morgan fingerprint density at radius 1 is 1.04 bits per heavy atom. The number of rotatable bonds is 2. The second-order valence-corrected chi connectivity index (χ2v) is 5.81. The Kier molecular flexibility index (Phi) is 3.34. The molecule has 5 heteroatoms. The molecule has 2 aliphatic rings. The Morgan fingerprint density at radius 2 is 1.79 bits per heavy atom. The van der Waals surface area contributed by atoms with Gasteiger partial charge in [0, 0.05) is 0 Å². The van der Waals surface area contributed by atoms with Crippen LogP contribution in [0.25, 0.3) is 6.08 Å². The van der Waals surface area contributed by atoms with Crippen molar-refractivity contribution in [3.05, 3.63) is 59.2 Å². The molecule has 0 aromatic heterocycles. The molecule has 0 radical (unpaired) electrons. The van der Waals surface area contributed by atoms with E-state index in [-0.39, 0.29) is 12.7 Å². The van der Waals surface area contributed by atoms with Crippen LogP contribution in [0.3, 0.4) is 0 Å². The highest BCUT2D eigenvalue weighted by atomic mass is 16.7. The Labute approximate surface area is 139 Å². The molecule has 0 fully saturated rings. The molecule has 2 heterocycles. The number of carbonyl (C=O) groups is 1. The molecule has 5 nitrogen and oxygen atoms in total.